The van der Waals surface area contributed by atoms with Crippen LogP contribution in [-0.4, -0.2) is 47.4 Å². The van der Waals surface area contributed by atoms with Crippen molar-refractivity contribution in [3.8, 4) is 0 Å². The molecule has 2 aliphatic heterocycles. The monoisotopic (exact) mass is 386 g/mol. The summed E-state index contributed by atoms with van der Waals surface area (Å²) in [5.74, 6) is 0.343. The third kappa shape index (κ3) is 4.13. The zero-order chi connectivity index (χ0) is 20.4. The summed E-state index contributed by atoms with van der Waals surface area (Å²) in [6.45, 7) is 8.57. The number of hydrogen-bond donors (Lipinski definition) is 3. The summed E-state index contributed by atoms with van der Waals surface area (Å²) in [7, 11) is 0. The molecule has 2 aliphatic rings. The summed E-state index contributed by atoms with van der Waals surface area (Å²) in [6, 6.07) is 6.20. The van der Waals surface area contributed by atoms with Crippen LogP contribution in [0.15, 0.2) is 24.3 Å². The van der Waals surface area contributed by atoms with Crippen molar-refractivity contribution < 1.29 is 14.4 Å². The van der Waals surface area contributed by atoms with Gasteiger partial charge in [0.25, 0.3) is 0 Å². The lowest BCUT2D eigenvalue weighted by atomic mass is 9.95. The third-order valence-electron chi connectivity index (χ3n) is 5.83. The lowest BCUT2D eigenvalue weighted by Crippen LogP contribution is -2.62. The molecule has 0 radical (unpaired) electrons. The SMILES string of the molecule is CC[C@H](C)[C@@H]1NC(=O)[C@@H]2C[C@H](NC(=O)Nc3ccc(C(C)C)cc3)CN2C1=O. The summed E-state index contributed by atoms with van der Waals surface area (Å²) in [6.07, 6.45) is 1.25. The molecule has 2 heterocycles. The van der Waals surface area contributed by atoms with E-state index in [4.69, 9.17) is 0 Å². The minimum atomic E-state index is -0.497. The molecule has 0 unspecified atom stereocenters. The van der Waals surface area contributed by atoms with E-state index < -0.39 is 12.1 Å². The highest BCUT2D eigenvalue weighted by Gasteiger charge is 2.47. The van der Waals surface area contributed by atoms with Crippen LogP contribution in [0.2, 0.25) is 0 Å². The normalized spacial score (nSPS) is 25.3. The standard InChI is InChI=1S/C21H30N4O3/c1-5-13(4)18-20(27)25-11-16(10-17(25)19(26)24-18)23-21(28)22-15-8-6-14(7-9-15)12(2)3/h6-9,12-13,16-18H,5,10-11H2,1-4H3,(H,24,26)(H2,22,23,28)/t13-,16-,17-,18-/m0/s1. The first-order valence-corrected chi connectivity index (χ1v) is 10.1. The van der Waals surface area contributed by atoms with Crippen molar-refractivity contribution in [2.75, 3.05) is 11.9 Å². The molecule has 7 nitrogen and oxygen atoms in total. The summed E-state index contributed by atoms with van der Waals surface area (Å²) < 4.78 is 0. The number of urea groups is 1. The van der Waals surface area contributed by atoms with Gasteiger partial charge in [0, 0.05) is 12.2 Å². The topological polar surface area (TPSA) is 90.5 Å². The second-order valence-electron chi connectivity index (χ2n) is 8.19. The van der Waals surface area contributed by atoms with Gasteiger partial charge in [0.1, 0.15) is 12.1 Å². The molecule has 4 amide bonds. The maximum Gasteiger partial charge on any atom is 0.319 e. The highest BCUT2D eigenvalue weighted by atomic mass is 16.2. The molecule has 0 bridgehead atoms. The Bertz CT molecular complexity index is 747. The molecule has 1 aromatic carbocycles. The fourth-order valence-electron chi connectivity index (χ4n) is 3.85. The van der Waals surface area contributed by atoms with E-state index in [9.17, 15) is 14.4 Å². The highest BCUT2D eigenvalue weighted by Crippen LogP contribution is 2.26. The fraction of sp³-hybridized carbons (Fsp3) is 0.571. The lowest BCUT2D eigenvalue weighted by Gasteiger charge is -2.36. The van der Waals surface area contributed by atoms with Crippen LogP contribution in [0, 0.1) is 5.92 Å². The number of carbonyl (C=O) groups excluding carboxylic acids is 3. The Kier molecular flexibility index (Phi) is 5.91. The summed E-state index contributed by atoms with van der Waals surface area (Å²) in [5.41, 5.74) is 1.92. The minimum Gasteiger partial charge on any atom is -0.342 e. The lowest BCUT2D eigenvalue weighted by molar-refractivity contribution is -0.148. The van der Waals surface area contributed by atoms with E-state index in [2.05, 4.69) is 29.8 Å². The molecule has 0 aromatic heterocycles. The van der Waals surface area contributed by atoms with Gasteiger partial charge in [-0.3, -0.25) is 9.59 Å². The van der Waals surface area contributed by atoms with Crippen molar-refractivity contribution in [1.29, 1.82) is 0 Å². The van der Waals surface area contributed by atoms with Crippen molar-refractivity contribution in [3.05, 3.63) is 29.8 Å². The summed E-state index contributed by atoms with van der Waals surface area (Å²) in [4.78, 5) is 39.1. The quantitative estimate of drug-likeness (QED) is 0.726. The Morgan fingerprint density at radius 3 is 2.50 bits per heavy atom. The number of piperazine rings is 1. The second-order valence-corrected chi connectivity index (χ2v) is 8.19. The van der Waals surface area contributed by atoms with Crippen LogP contribution in [0.4, 0.5) is 10.5 Å². The van der Waals surface area contributed by atoms with Crippen molar-refractivity contribution >= 4 is 23.5 Å². The average molecular weight is 386 g/mol. The van der Waals surface area contributed by atoms with Gasteiger partial charge in [0.15, 0.2) is 0 Å². The predicted octanol–water partition coefficient (Wildman–Crippen LogP) is 2.45. The second kappa shape index (κ2) is 8.20. The van der Waals surface area contributed by atoms with Crippen LogP contribution in [0.1, 0.15) is 52.0 Å². The molecule has 2 saturated heterocycles. The Morgan fingerprint density at radius 2 is 1.89 bits per heavy atom. The molecule has 3 N–H and O–H groups in total. The molecular formula is C21H30N4O3. The maximum atomic E-state index is 12.7. The number of carbonyl (C=O) groups is 3. The van der Waals surface area contributed by atoms with Gasteiger partial charge in [-0.2, -0.15) is 0 Å². The van der Waals surface area contributed by atoms with Crippen LogP contribution < -0.4 is 16.0 Å². The van der Waals surface area contributed by atoms with Gasteiger partial charge in [-0.1, -0.05) is 46.2 Å². The molecule has 1 aromatic rings. The Morgan fingerprint density at radius 1 is 1.21 bits per heavy atom. The zero-order valence-corrected chi connectivity index (χ0v) is 17.0. The molecule has 4 atom stereocenters. The van der Waals surface area contributed by atoms with E-state index in [0.717, 1.165) is 6.42 Å². The largest absolute Gasteiger partial charge is 0.342 e. The van der Waals surface area contributed by atoms with E-state index >= 15 is 0 Å². The first-order valence-electron chi connectivity index (χ1n) is 10.1. The van der Waals surface area contributed by atoms with E-state index in [1.165, 1.54) is 5.56 Å². The van der Waals surface area contributed by atoms with Crippen LogP contribution in [-0.2, 0) is 9.59 Å². The van der Waals surface area contributed by atoms with Crippen LogP contribution in [0.3, 0.4) is 0 Å². The summed E-state index contributed by atoms with van der Waals surface area (Å²) >= 11 is 0. The third-order valence-corrected chi connectivity index (χ3v) is 5.83. The number of rotatable bonds is 5. The average Bonchev–Trinajstić information content (AvgIpc) is 3.09. The molecular weight excluding hydrogens is 356 g/mol. The van der Waals surface area contributed by atoms with Gasteiger partial charge in [0.05, 0.1) is 6.04 Å². The van der Waals surface area contributed by atoms with E-state index in [-0.39, 0.29) is 29.8 Å². The number of nitrogens with zero attached hydrogens (tertiary/aromatic N) is 1. The number of benzene rings is 1. The van der Waals surface area contributed by atoms with Gasteiger partial charge < -0.3 is 20.9 Å². The Hall–Kier alpha value is -2.57. The number of fused-ring (bicyclic) bond motifs is 1. The van der Waals surface area contributed by atoms with Crippen molar-refractivity contribution in [2.45, 2.75) is 64.6 Å². The first-order chi connectivity index (χ1) is 13.3. The fourth-order valence-corrected chi connectivity index (χ4v) is 3.85. The van der Waals surface area contributed by atoms with Gasteiger partial charge in [0.2, 0.25) is 11.8 Å². The van der Waals surface area contributed by atoms with Crippen LogP contribution >= 0.6 is 0 Å². The number of hydrogen-bond acceptors (Lipinski definition) is 3. The van der Waals surface area contributed by atoms with Crippen molar-refractivity contribution in [3.63, 3.8) is 0 Å². The van der Waals surface area contributed by atoms with E-state index in [1.54, 1.807) is 4.90 Å². The van der Waals surface area contributed by atoms with Gasteiger partial charge in [-0.15, -0.1) is 0 Å². The Labute approximate surface area is 166 Å². The van der Waals surface area contributed by atoms with Gasteiger partial charge >= 0.3 is 6.03 Å². The minimum absolute atomic E-state index is 0.0482. The number of anilines is 1. The maximum absolute atomic E-state index is 12.7. The predicted molar refractivity (Wildman–Crippen MR) is 108 cm³/mol. The zero-order valence-electron chi connectivity index (χ0n) is 17.0. The molecule has 152 valence electrons. The highest BCUT2D eigenvalue weighted by molar-refractivity contribution is 5.98. The number of amides is 4. The van der Waals surface area contributed by atoms with Crippen LogP contribution in [0.25, 0.3) is 0 Å². The van der Waals surface area contributed by atoms with Gasteiger partial charge in [-0.05, 0) is 36.0 Å². The molecule has 2 fully saturated rings. The van der Waals surface area contributed by atoms with Gasteiger partial charge in [-0.25, -0.2) is 4.79 Å². The number of nitrogens with one attached hydrogen (secondary N) is 3. The van der Waals surface area contributed by atoms with E-state index in [0.29, 0.717) is 24.6 Å². The molecule has 7 heteroatoms. The molecule has 3 rings (SSSR count). The molecule has 0 aliphatic carbocycles. The molecule has 0 spiro atoms. The summed E-state index contributed by atoms with van der Waals surface area (Å²) in [5, 5.41) is 8.57. The Balaban J connectivity index is 1.58. The molecule has 28 heavy (non-hydrogen) atoms. The van der Waals surface area contributed by atoms with Crippen molar-refractivity contribution in [2.24, 2.45) is 5.92 Å². The first kappa shape index (κ1) is 20.2. The van der Waals surface area contributed by atoms with Crippen molar-refractivity contribution in [1.82, 2.24) is 15.5 Å². The van der Waals surface area contributed by atoms with E-state index in [1.807, 2.05) is 38.1 Å². The smallest absolute Gasteiger partial charge is 0.319 e. The van der Waals surface area contributed by atoms with Crippen LogP contribution in [0.5, 0.6) is 0 Å². The molecule has 0 saturated carbocycles.